The zero-order chi connectivity index (χ0) is 15.6. The number of hydrogen-bond donors (Lipinski definition) is 1. The second-order valence-electron chi connectivity index (χ2n) is 5.76. The Bertz CT molecular complexity index is 798. The normalized spacial score (nSPS) is 22.9. The maximum atomic E-state index is 12.0. The van der Waals surface area contributed by atoms with Gasteiger partial charge in [0, 0.05) is 12.4 Å². The molecular weight excluding hydrogens is 286 g/mol. The molecular formula is C19H17N3O. The predicted octanol–water partition coefficient (Wildman–Crippen LogP) is 3.45. The molecule has 0 saturated heterocycles. The van der Waals surface area contributed by atoms with Crippen LogP contribution in [0, 0.1) is 5.92 Å². The summed E-state index contributed by atoms with van der Waals surface area (Å²) >= 11 is 0. The maximum absolute atomic E-state index is 12.0. The van der Waals surface area contributed by atoms with Crippen molar-refractivity contribution in [3.8, 4) is 0 Å². The van der Waals surface area contributed by atoms with E-state index in [4.69, 9.17) is 0 Å². The lowest BCUT2D eigenvalue weighted by molar-refractivity contribution is -0.112. The Labute approximate surface area is 134 Å². The molecule has 3 aromatic rings. The second-order valence-corrected chi connectivity index (χ2v) is 5.76. The van der Waals surface area contributed by atoms with E-state index in [9.17, 15) is 4.79 Å². The van der Waals surface area contributed by atoms with Gasteiger partial charge in [0.1, 0.15) is 6.29 Å². The van der Waals surface area contributed by atoms with Crippen LogP contribution in [0.5, 0.6) is 0 Å². The Morgan fingerprint density at radius 3 is 2.26 bits per heavy atom. The summed E-state index contributed by atoms with van der Waals surface area (Å²) in [5.41, 5.74) is 2.21. The van der Waals surface area contributed by atoms with Gasteiger partial charge in [-0.3, -0.25) is 0 Å². The quantitative estimate of drug-likeness (QED) is 0.754. The van der Waals surface area contributed by atoms with E-state index >= 15 is 0 Å². The third-order valence-corrected chi connectivity index (χ3v) is 4.46. The highest BCUT2D eigenvalue weighted by Crippen LogP contribution is 2.41. The number of anilines is 1. The molecule has 23 heavy (non-hydrogen) atoms. The zero-order valence-corrected chi connectivity index (χ0v) is 12.5. The molecule has 1 aliphatic heterocycles. The van der Waals surface area contributed by atoms with Crippen LogP contribution in [0.2, 0.25) is 0 Å². The van der Waals surface area contributed by atoms with Gasteiger partial charge in [-0.2, -0.15) is 0 Å². The van der Waals surface area contributed by atoms with E-state index in [1.807, 2.05) is 47.2 Å². The highest BCUT2D eigenvalue weighted by molar-refractivity contribution is 5.62. The number of benzene rings is 2. The van der Waals surface area contributed by atoms with Crippen molar-refractivity contribution in [2.75, 3.05) is 5.32 Å². The average molecular weight is 303 g/mol. The Kier molecular flexibility index (Phi) is 3.42. The first-order valence-electron chi connectivity index (χ1n) is 7.73. The summed E-state index contributed by atoms with van der Waals surface area (Å²) in [5, 5.41) is 3.41. The van der Waals surface area contributed by atoms with Crippen LogP contribution in [-0.4, -0.2) is 15.8 Å². The van der Waals surface area contributed by atoms with E-state index < -0.39 is 0 Å². The predicted molar refractivity (Wildman–Crippen MR) is 89.2 cm³/mol. The van der Waals surface area contributed by atoms with Gasteiger partial charge in [0.2, 0.25) is 5.95 Å². The SMILES string of the molecule is O=C[C@@H]1[C@@H](c2ccccc2)n2ccnc2N[C@H]1c1ccccc1. The fourth-order valence-corrected chi connectivity index (χ4v) is 3.40. The molecule has 0 unspecified atom stereocenters. The van der Waals surface area contributed by atoms with Crippen LogP contribution in [-0.2, 0) is 4.79 Å². The van der Waals surface area contributed by atoms with Crippen LogP contribution < -0.4 is 5.32 Å². The number of rotatable bonds is 3. The van der Waals surface area contributed by atoms with E-state index in [0.717, 1.165) is 23.4 Å². The summed E-state index contributed by atoms with van der Waals surface area (Å²) in [4.78, 5) is 16.4. The van der Waals surface area contributed by atoms with Gasteiger partial charge < -0.3 is 14.7 Å². The fourth-order valence-electron chi connectivity index (χ4n) is 3.40. The maximum Gasteiger partial charge on any atom is 0.203 e. The van der Waals surface area contributed by atoms with E-state index in [0.29, 0.717) is 0 Å². The Morgan fingerprint density at radius 2 is 1.61 bits per heavy atom. The molecule has 0 aliphatic carbocycles. The van der Waals surface area contributed by atoms with E-state index in [1.165, 1.54) is 0 Å². The van der Waals surface area contributed by atoms with E-state index in [1.54, 1.807) is 6.20 Å². The van der Waals surface area contributed by atoms with Gasteiger partial charge >= 0.3 is 0 Å². The van der Waals surface area contributed by atoms with Crippen molar-refractivity contribution < 1.29 is 4.79 Å². The Hall–Kier alpha value is -2.88. The summed E-state index contributed by atoms with van der Waals surface area (Å²) in [6.45, 7) is 0. The lowest BCUT2D eigenvalue weighted by Crippen LogP contribution is -2.37. The highest BCUT2D eigenvalue weighted by atomic mass is 16.1. The summed E-state index contributed by atoms with van der Waals surface area (Å²) < 4.78 is 2.05. The first kappa shape index (κ1) is 13.8. The number of aromatic nitrogens is 2. The standard InChI is InChI=1S/C19H17N3O/c23-13-16-17(14-7-3-1-4-8-14)21-19-20-11-12-22(19)18(16)15-9-5-2-6-10-15/h1-13,16-18H,(H,20,21)/t16-,17-,18+/m0/s1. The molecule has 3 atom stereocenters. The Morgan fingerprint density at radius 1 is 0.957 bits per heavy atom. The smallest absolute Gasteiger partial charge is 0.203 e. The molecule has 4 nitrogen and oxygen atoms in total. The van der Waals surface area contributed by atoms with Crippen molar-refractivity contribution in [3.05, 3.63) is 84.2 Å². The number of nitrogens with zero attached hydrogens (tertiary/aromatic N) is 2. The molecule has 4 rings (SSSR count). The largest absolute Gasteiger partial charge is 0.348 e. The molecule has 4 heteroatoms. The summed E-state index contributed by atoms with van der Waals surface area (Å²) in [6.07, 6.45) is 4.76. The first-order chi connectivity index (χ1) is 11.4. The number of hydrogen-bond acceptors (Lipinski definition) is 3. The van der Waals surface area contributed by atoms with Gasteiger partial charge in [-0.15, -0.1) is 0 Å². The monoisotopic (exact) mass is 303 g/mol. The molecule has 0 spiro atoms. The third-order valence-electron chi connectivity index (χ3n) is 4.46. The molecule has 114 valence electrons. The fraction of sp³-hybridized carbons (Fsp3) is 0.158. The molecule has 1 aromatic heterocycles. The van der Waals surface area contributed by atoms with Crippen LogP contribution in [0.25, 0.3) is 0 Å². The molecule has 0 bridgehead atoms. The number of imidazole rings is 1. The van der Waals surface area contributed by atoms with Gasteiger partial charge in [0.15, 0.2) is 0 Å². The van der Waals surface area contributed by atoms with Crippen molar-refractivity contribution in [1.82, 2.24) is 9.55 Å². The van der Waals surface area contributed by atoms with Crippen molar-refractivity contribution in [3.63, 3.8) is 0 Å². The minimum absolute atomic E-state index is 0.0577. The van der Waals surface area contributed by atoms with Gasteiger partial charge in [0.25, 0.3) is 0 Å². The van der Waals surface area contributed by atoms with Gasteiger partial charge in [-0.25, -0.2) is 4.98 Å². The summed E-state index contributed by atoms with van der Waals surface area (Å²) in [5.74, 6) is 0.590. The third kappa shape index (κ3) is 2.32. The minimum atomic E-state index is -0.207. The topological polar surface area (TPSA) is 46.9 Å². The van der Waals surface area contributed by atoms with Crippen LogP contribution in [0.15, 0.2) is 73.1 Å². The number of fused-ring (bicyclic) bond motifs is 1. The highest BCUT2D eigenvalue weighted by Gasteiger charge is 2.38. The number of aldehydes is 1. The summed E-state index contributed by atoms with van der Waals surface area (Å²) in [6, 6.07) is 20.1. The van der Waals surface area contributed by atoms with E-state index in [-0.39, 0.29) is 18.0 Å². The lowest BCUT2D eigenvalue weighted by Gasteiger charge is -2.38. The van der Waals surface area contributed by atoms with Gasteiger partial charge in [-0.05, 0) is 11.1 Å². The second kappa shape index (κ2) is 5.72. The molecule has 0 saturated carbocycles. The average Bonchev–Trinajstić information content (AvgIpc) is 3.09. The molecule has 1 aliphatic rings. The van der Waals surface area contributed by atoms with Crippen LogP contribution in [0.4, 0.5) is 5.95 Å². The van der Waals surface area contributed by atoms with Crippen molar-refractivity contribution in [1.29, 1.82) is 0 Å². The zero-order valence-electron chi connectivity index (χ0n) is 12.5. The number of carbonyl (C=O) groups excluding carboxylic acids is 1. The van der Waals surface area contributed by atoms with E-state index in [2.05, 4.69) is 34.6 Å². The van der Waals surface area contributed by atoms with Crippen molar-refractivity contribution in [2.24, 2.45) is 5.92 Å². The molecule has 2 aromatic carbocycles. The summed E-state index contributed by atoms with van der Waals surface area (Å²) in [7, 11) is 0. The first-order valence-corrected chi connectivity index (χ1v) is 7.73. The molecule has 2 heterocycles. The van der Waals surface area contributed by atoms with Crippen molar-refractivity contribution in [2.45, 2.75) is 12.1 Å². The number of carbonyl (C=O) groups is 1. The minimum Gasteiger partial charge on any atom is -0.348 e. The van der Waals surface area contributed by atoms with Crippen LogP contribution >= 0.6 is 0 Å². The van der Waals surface area contributed by atoms with Crippen LogP contribution in [0.1, 0.15) is 23.2 Å². The molecule has 0 fully saturated rings. The molecule has 0 amide bonds. The molecule has 1 N–H and O–H groups in total. The number of nitrogens with one attached hydrogen (secondary N) is 1. The van der Waals surface area contributed by atoms with Gasteiger partial charge in [0.05, 0.1) is 18.0 Å². The van der Waals surface area contributed by atoms with Gasteiger partial charge in [-0.1, -0.05) is 60.7 Å². The molecule has 0 radical (unpaired) electrons. The van der Waals surface area contributed by atoms with Crippen molar-refractivity contribution >= 4 is 12.2 Å². The lowest BCUT2D eigenvalue weighted by atomic mass is 9.83. The van der Waals surface area contributed by atoms with Crippen LogP contribution in [0.3, 0.4) is 0 Å². The Balaban J connectivity index is 1.85.